The highest BCUT2D eigenvalue weighted by atomic mass is 127. The predicted molar refractivity (Wildman–Crippen MR) is 134 cm³/mol. The van der Waals surface area contributed by atoms with E-state index in [9.17, 15) is 0 Å². The van der Waals surface area contributed by atoms with Gasteiger partial charge in [-0.2, -0.15) is 0 Å². The van der Waals surface area contributed by atoms with Crippen molar-refractivity contribution < 1.29 is 14.2 Å². The molecule has 0 radical (unpaired) electrons. The van der Waals surface area contributed by atoms with Crippen LogP contribution in [0.15, 0.2) is 54.0 Å². The van der Waals surface area contributed by atoms with Crippen LogP contribution in [0.4, 0.5) is 0 Å². The normalized spacial score (nSPS) is 10.6. The number of allylic oxidation sites excluding steroid dienone is 1. The van der Waals surface area contributed by atoms with Gasteiger partial charge in [-0.1, -0.05) is 24.3 Å². The van der Waals surface area contributed by atoms with E-state index in [-0.39, 0.29) is 24.0 Å². The lowest BCUT2D eigenvalue weighted by Gasteiger charge is -2.15. The van der Waals surface area contributed by atoms with Crippen molar-refractivity contribution in [3.8, 4) is 17.2 Å². The lowest BCUT2D eigenvalue weighted by Crippen LogP contribution is -2.36. The molecular formula is C23H32IN3O3. The Morgan fingerprint density at radius 1 is 1.00 bits per heavy atom. The number of ether oxygens (including phenoxy) is 3. The lowest BCUT2D eigenvalue weighted by atomic mass is 10.1. The van der Waals surface area contributed by atoms with E-state index in [2.05, 4.69) is 23.3 Å². The van der Waals surface area contributed by atoms with E-state index < -0.39 is 0 Å². The maximum Gasteiger partial charge on any atom is 0.191 e. The molecule has 0 saturated heterocycles. The molecule has 7 heteroatoms. The van der Waals surface area contributed by atoms with E-state index in [1.807, 2.05) is 43.3 Å². The van der Waals surface area contributed by atoms with E-state index in [1.54, 1.807) is 21.3 Å². The van der Waals surface area contributed by atoms with E-state index in [1.165, 1.54) is 0 Å². The molecule has 0 unspecified atom stereocenters. The Hall–Kier alpha value is -2.42. The summed E-state index contributed by atoms with van der Waals surface area (Å²) in [6, 6.07) is 12.0. The maximum atomic E-state index is 5.50. The Morgan fingerprint density at radius 3 is 2.37 bits per heavy atom. The summed E-state index contributed by atoms with van der Waals surface area (Å²) in [7, 11) is 4.96. The second-order valence-corrected chi connectivity index (χ2v) is 6.34. The zero-order valence-electron chi connectivity index (χ0n) is 18.2. The second kappa shape index (κ2) is 13.7. The monoisotopic (exact) mass is 525 g/mol. The van der Waals surface area contributed by atoms with Gasteiger partial charge in [0.2, 0.25) is 0 Å². The molecule has 0 saturated carbocycles. The maximum absolute atomic E-state index is 5.50. The van der Waals surface area contributed by atoms with E-state index in [0.29, 0.717) is 25.3 Å². The van der Waals surface area contributed by atoms with Crippen LogP contribution in [-0.4, -0.2) is 33.8 Å². The van der Waals surface area contributed by atoms with Crippen molar-refractivity contribution >= 4 is 29.9 Å². The third-order valence-corrected chi connectivity index (χ3v) is 4.38. The molecule has 30 heavy (non-hydrogen) atoms. The minimum absolute atomic E-state index is 0. The quantitative estimate of drug-likeness (QED) is 0.210. The van der Waals surface area contributed by atoms with Crippen LogP contribution >= 0.6 is 24.0 Å². The van der Waals surface area contributed by atoms with Crippen LogP contribution in [0.5, 0.6) is 17.2 Å². The van der Waals surface area contributed by atoms with Crippen LogP contribution in [0, 0.1) is 0 Å². The standard InChI is InChI=1S/C23H31N3O3.HI/c1-6-10-18-13-17(14-21(28-4)22(18)29-5)15-25-23(24-7-2)26-16-19-11-8-9-12-20(19)27-3;/h6,8-9,11-14H,1,7,10,15-16H2,2-5H3,(H2,24,25,26);1H. The van der Waals surface area contributed by atoms with Crippen LogP contribution in [0.25, 0.3) is 0 Å². The summed E-state index contributed by atoms with van der Waals surface area (Å²) in [6.07, 6.45) is 2.55. The molecule has 2 N–H and O–H groups in total. The molecule has 0 aliphatic heterocycles. The molecule has 0 bridgehead atoms. The SMILES string of the molecule is C=CCc1cc(CN=C(NCC)NCc2ccccc2OC)cc(OC)c1OC.I. The van der Waals surface area contributed by atoms with Crippen molar-refractivity contribution in [2.45, 2.75) is 26.4 Å². The van der Waals surface area contributed by atoms with Gasteiger partial charge in [0.15, 0.2) is 17.5 Å². The second-order valence-electron chi connectivity index (χ2n) is 6.34. The zero-order chi connectivity index (χ0) is 21.1. The van der Waals surface area contributed by atoms with Crippen molar-refractivity contribution in [2.75, 3.05) is 27.9 Å². The summed E-state index contributed by atoms with van der Waals surface area (Å²) >= 11 is 0. The fourth-order valence-corrected chi connectivity index (χ4v) is 3.04. The first kappa shape index (κ1) is 25.6. The highest BCUT2D eigenvalue weighted by molar-refractivity contribution is 14.0. The Balaban J connectivity index is 0.00000450. The third-order valence-electron chi connectivity index (χ3n) is 4.38. The topological polar surface area (TPSA) is 64.1 Å². The van der Waals surface area contributed by atoms with Crippen molar-refractivity contribution in [3.63, 3.8) is 0 Å². The summed E-state index contributed by atoms with van der Waals surface area (Å²) in [4.78, 5) is 4.72. The van der Waals surface area contributed by atoms with Crippen LogP contribution < -0.4 is 24.8 Å². The number of rotatable bonds is 10. The molecule has 164 valence electrons. The van der Waals surface area contributed by atoms with Crippen LogP contribution in [0.1, 0.15) is 23.6 Å². The van der Waals surface area contributed by atoms with Crippen molar-refractivity contribution in [3.05, 3.63) is 65.7 Å². The minimum atomic E-state index is 0. The van der Waals surface area contributed by atoms with Crippen LogP contribution in [-0.2, 0) is 19.5 Å². The van der Waals surface area contributed by atoms with Gasteiger partial charge in [-0.3, -0.25) is 0 Å². The number of methoxy groups -OCH3 is 3. The molecule has 0 atom stereocenters. The summed E-state index contributed by atoms with van der Waals surface area (Å²) in [5, 5.41) is 6.64. The molecule has 0 heterocycles. The third kappa shape index (κ3) is 7.12. The number of hydrogen-bond acceptors (Lipinski definition) is 4. The van der Waals surface area contributed by atoms with Gasteiger partial charge in [-0.05, 0) is 37.1 Å². The average molecular weight is 525 g/mol. The van der Waals surface area contributed by atoms with Crippen molar-refractivity contribution in [1.82, 2.24) is 10.6 Å². The van der Waals surface area contributed by atoms with Gasteiger partial charge >= 0.3 is 0 Å². The smallest absolute Gasteiger partial charge is 0.191 e. The van der Waals surface area contributed by atoms with Crippen LogP contribution in [0.2, 0.25) is 0 Å². The molecule has 0 spiro atoms. The molecule has 0 fully saturated rings. The Kier molecular flexibility index (Phi) is 11.7. The van der Waals surface area contributed by atoms with Gasteiger partial charge in [-0.25, -0.2) is 4.99 Å². The van der Waals surface area contributed by atoms with Gasteiger partial charge in [0.1, 0.15) is 5.75 Å². The summed E-state index contributed by atoms with van der Waals surface area (Å²) in [5.41, 5.74) is 3.13. The molecule has 2 aromatic rings. The number of hydrogen-bond donors (Lipinski definition) is 2. The Bertz CT molecular complexity index is 840. The predicted octanol–water partition coefficient (Wildman–Crippen LogP) is 4.31. The highest BCUT2D eigenvalue weighted by Crippen LogP contribution is 2.33. The fourth-order valence-electron chi connectivity index (χ4n) is 3.04. The number of nitrogens with zero attached hydrogens (tertiary/aromatic N) is 1. The summed E-state index contributed by atoms with van der Waals surface area (Å²) in [6.45, 7) is 7.76. The number of guanidine groups is 1. The van der Waals surface area contributed by atoms with Gasteiger partial charge in [0.05, 0.1) is 27.9 Å². The van der Waals surface area contributed by atoms with E-state index in [4.69, 9.17) is 19.2 Å². The number of aliphatic imine (C=N–C) groups is 1. The molecule has 2 aromatic carbocycles. The molecule has 0 amide bonds. The van der Waals surface area contributed by atoms with Gasteiger partial charge in [0, 0.05) is 24.2 Å². The summed E-state index contributed by atoms with van der Waals surface area (Å²) in [5.74, 6) is 3.02. The molecule has 0 aliphatic carbocycles. The zero-order valence-corrected chi connectivity index (χ0v) is 20.5. The number of para-hydroxylation sites is 1. The average Bonchev–Trinajstić information content (AvgIpc) is 2.75. The number of nitrogens with one attached hydrogen (secondary N) is 2. The van der Waals surface area contributed by atoms with Crippen molar-refractivity contribution in [1.29, 1.82) is 0 Å². The van der Waals surface area contributed by atoms with Crippen LogP contribution in [0.3, 0.4) is 0 Å². The van der Waals surface area contributed by atoms with Crippen molar-refractivity contribution in [2.24, 2.45) is 4.99 Å². The molecular weight excluding hydrogens is 493 g/mol. The first-order chi connectivity index (χ1) is 14.2. The van der Waals surface area contributed by atoms with Gasteiger partial charge in [0.25, 0.3) is 0 Å². The first-order valence-electron chi connectivity index (χ1n) is 9.65. The Morgan fingerprint density at radius 2 is 1.73 bits per heavy atom. The number of halogens is 1. The number of benzene rings is 2. The molecule has 0 aromatic heterocycles. The van der Waals surface area contributed by atoms with Gasteiger partial charge in [-0.15, -0.1) is 30.6 Å². The fraction of sp³-hybridized carbons (Fsp3) is 0.348. The molecule has 0 aliphatic rings. The first-order valence-corrected chi connectivity index (χ1v) is 9.65. The van der Waals surface area contributed by atoms with E-state index >= 15 is 0 Å². The molecule has 2 rings (SSSR count). The Labute approximate surface area is 196 Å². The summed E-state index contributed by atoms with van der Waals surface area (Å²) < 4.78 is 16.4. The molecule has 6 nitrogen and oxygen atoms in total. The largest absolute Gasteiger partial charge is 0.496 e. The highest BCUT2D eigenvalue weighted by Gasteiger charge is 2.12. The van der Waals surface area contributed by atoms with Gasteiger partial charge < -0.3 is 24.8 Å². The van der Waals surface area contributed by atoms with E-state index in [0.717, 1.165) is 40.7 Å². The minimum Gasteiger partial charge on any atom is -0.496 e. The lowest BCUT2D eigenvalue weighted by molar-refractivity contribution is 0.352.